The summed E-state index contributed by atoms with van der Waals surface area (Å²) in [5.41, 5.74) is -1.03. The molecule has 1 saturated heterocycles. The predicted molar refractivity (Wildman–Crippen MR) is 120 cm³/mol. The fraction of sp³-hybridized carbons (Fsp3) is 0.652. The minimum Gasteiger partial charge on any atom is -0.496 e. The number of rotatable bonds is 6. The van der Waals surface area contributed by atoms with Crippen molar-refractivity contribution < 1.29 is 27.5 Å². The van der Waals surface area contributed by atoms with Gasteiger partial charge in [0.05, 0.1) is 24.7 Å². The first kappa shape index (κ1) is 24.5. The van der Waals surface area contributed by atoms with Crippen molar-refractivity contribution in [3.63, 3.8) is 0 Å². The molecule has 0 spiro atoms. The lowest BCUT2D eigenvalue weighted by atomic mass is 9.77. The molecule has 8 nitrogen and oxygen atoms in total. The largest absolute Gasteiger partial charge is 0.496 e. The van der Waals surface area contributed by atoms with Crippen molar-refractivity contribution in [3.8, 4) is 5.75 Å². The van der Waals surface area contributed by atoms with Gasteiger partial charge in [-0.25, -0.2) is 13.2 Å². The molecule has 9 heteroatoms. The highest BCUT2D eigenvalue weighted by Crippen LogP contribution is 2.34. The number of methoxy groups -OCH3 is 2. The molecule has 2 aliphatic rings. The first-order valence-electron chi connectivity index (χ1n) is 11.3. The Morgan fingerprint density at radius 1 is 1.06 bits per heavy atom. The van der Waals surface area contributed by atoms with Gasteiger partial charge in [-0.15, -0.1) is 0 Å². The van der Waals surface area contributed by atoms with Crippen LogP contribution in [0.1, 0.15) is 68.6 Å². The summed E-state index contributed by atoms with van der Waals surface area (Å²) in [6.07, 6.45) is 6.19. The number of hydrogen-bond donors (Lipinski definition) is 1. The lowest BCUT2D eigenvalue weighted by Crippen LogP contribution is -2.56. The van der Waals surface area contributed by atoms with Crippen LogP contribution in [0.2, 0.25) is 0 Å². The monoisotopic (exact) mass is 466 g/mol. The molecular weight excluding hydrogens is 432 g/mol. The average Bonchev–Trinajstić information content (AvgIpc) is 3.10. The third kappa shape index (κ3) is 5.09. The Labute approximate surface area is 190 Å². The molecule has 178 valence electrons. The van der Waals surface area contributed by atoms with Crippen molar-refractivity contribution in [2.75, 3.05) is 27.3 Å². The van der Waals surface area contributed by atoms with E-state index in [4.69, 9.17) is 9.47 Å². The molecular formula is C23H34N2O6S. The standard InChI is InChI=1S/C23H34N2O6S/c1-17-10-12-23(13-11-17,22(27)31-3)24-21(26)19-16-18(8-9-20(19)30-2)32(28,29)25-14-6-4-5-7-15-25/h8-9,16-17H,4-7,10-15H2,1-3H3,(H,24,26). The van der Waals surface area contributed by atoms with Crippen molar-refractivity contribution in [1.29, 1.82) is 0 Å². The molecule has 32 heavy (non-hydrogen) atoms. The number of nitrogens with zero attached hydrogens (tertiary/aromatic N) is 1. The summed E-state index contributed by atoms with van der Waals surface area (Å²) in [7, 11) is -1.00. The van der Waals surface area contributed by atoms with Gasteiger partial charge in [0.25, 0.3) is 5.91 Å². The summed E-state index contributed by atoms with van der Waals surface area (Å²) in [6.45, 7) is 3.06. The van der Waals surface area contributed by atoms with Crippen LogP contribution in [0.25, 0.3) is 0 Å². The first-order valence-corrected chi connectivity index (χ1v) is 12.8. The first-order chi connectivity index (χ1) is 15.2. The summed E-state index contributed by atoms with van der Waals surface area (Å²) >= 11 is 0. The van der Waals surface area contributed by atoms with Crippen LogP contribution in [0.15, 0.2) is 23.1 Å². The molecule has 0 unspecified atom stereocenters. The van der Waals surface area contributed by atoms with E-state index in [1.54, 1.807) is 0 Å². The van der Waals surface area contributed by atoms with Crippen LogP contribution in [0.4, 0.5) is 0 Å². The van der Waals surface area contributed by atoms with Gasteiger partial charge in [0, 0.05) is 13.1 Å². The molecule has 1 aromatic rings. The molecule has 1 N–H and O–H groups in total. The van der Waals surface area contributed by atoms with E-state index in [1.165, 1.54) is 36.7 Å². The van der Waals surface area contributed by atoms with E-state index in [1.807, 2.05) is 0 Å². The van der Waals surface area contributed by atoms with Crippen LogP contribution >= 0.6 is 0 Å². The maximum atomic E-state index is 13.3. The van der Waals surface area contributed by atoms with E-state index < -0.39 is 27.4 Å². The zero-order valence-corrected chi connectivity index (χ0v) is 20.0. The summed E-state index contributed by atoms with van der Waals surface area (Å²) in [5, 5.41) is 2.86. The summed E-state index contributed by atoms with van der Waals surface area (Å²) < 4.78 is 38.3. The predicted octanol–water partition coefficient (Wildman–Crippen LogP) is 3.11. The number of sulfonamides is 1. The molecule has 0 atom stereocenters. The maximum Gasteiger partial charge on any atom is 0.331 e. The minimum absolute atomic E-state index is 0.0507. The molecule has 1 aliphatic carbocycles. The quantitative estimate of drug-likeness (QED) is 0.647. The molecule has 3 rings (SSSR count). The molecule has 1 heterocycles. The summed E-state index contributed by atoms with van der Waals surface area (Å²) in [5.74, 6) is -0.317. The number of benzene rings is 1. The fourth-order valence-electron chi connectivity index (χ4n) is 4.57. The Morgan fingerprint density at radius 3 is 2.25 bits per heavy atom. The number of carbonyl (C=O) groups is 2. The second kappa shape index (κ2) is 10.2. The normalized spacial score (nSPS) is 24.9. The van der Waals surface area contributed by atoms with E-state index in [0.29, 0.717) is 31.8 Å². The second-order valence-electron chi connectivity index (χ2n) is 8.89. The molecule has 1 aliphatic heterocycles. The molecule has 0 radical (unpaired) electrons. The van der Waals surface area contributed by atoms with Crippen LogP contribution in [-0.4, -0.2) is 57.4 Å². The van der Waals surface area contributed by atoms with Crippen molar-refractivity contribution in [2.24, 2.45) is 5.92 Å². The lowest BCUT2D eigenvalue weighted by molar-refractivity contribution is -0.150. The second-order valence-corrected chi connectivity index (χ2v) is 10.8. The van der Waals surface area contributed by atoms with Crippen molar-refractivity contribution in [3.05, 3.63) is 23.8 Å². The zero-order valence-electron chi connectivity index (χ0n) is 19.2. The lowest BCUT2D eigenvalue weighted by Gasteiger charge is -2.37. The van der Waals surface area contributed by atoms with Crippen molar-refractivity contribution >= 4 is 21.9 Å². The average molecular weight is 467 g/mol. The van der Waals surface area contributed by atoms with Crippen molar-refractivity contribution in [1.82, 2.24) is 9.62 Å². The van der Waals surface area contributed by atoms with Gasteiger partial charge in [-0.1, -0.05) is 19.8 Å². The Balaban J connectivity index is 1.92. The van der Waals surface area contributed by atoms with E-state index >= 15 is 0 Å². The van der Waals surface area contributed by atoms with Crippen LogP contribution < -0.4 is 10.1 Å². The Kier molecular flexibility index (Phi) is 7.82. The zero-order chi connectivity index (χ0) is 23.4. The van der Waals surface area contributed by atoms with E-state index in [0.717, 1.165) is 38.5 Å². The van der Waals surface area contributed by atoms with Gasteiger partial charge in [0.15, 0.2) is 0 Å². The third-order valence-corrected chi connectivity index (χ3v) is 8.57. The van der Waals surface area contributed by atoms with E-state index in [2.05, 4.69) is 12.2 Å². The van der Waals surface area contributed by atoms with Gasteiger partial charge >= 0.3 is 5.97 Å². The van der Waals surface area contributed by atoms with Crippen LogP contribution in [0.5, 0.6) is 5.75 Å². The molecule has 2 fully saturated rings. The number of amides is 1. The van der Waals surface area contributed by atoms with Gasteiger partial charge in [-0.3, -0.25) is 4.79 Å². The fourth-order valence-corrected chi connectivity index (χ4v) is 6.12. The number of carbonyl (C=O) groups excluding carboxylic acids is 2. The van der Waals surface area contributed by atoms with Crippen LogP contribution in [-0.2, 0) is 19.6 Å². The number of nitrogens with one attached hydrogen (secondary N) is 1. The van der Waals surface area contributed by atoms with Gasteiger partial charge < -0.3 is 14.8 Å². The number of ether oxygens (including phenoxy) is 2. The molecule has 0 aromatic heterocycles. The Hall–Kier alpha value is -2.13. The molecule has 1 saturated carbocycles. The summed E-state index contributed by atoms with van der Waals surface area (Å²) in [6, 6.07) is 4.31. The maximum absolute atomic E-state index is 13.3. The highest BCUT2D eigenvalue weighted by molar-refractivity contribution is 7.89. The molecule has 0 bridgehead atoms. The Morgan fingerprint density at radius 2 is 1.69 bits per heavy atom. The van der Waals surface area contributed by atoms with Crippen molar-refractivity contribution in [2.45, 2.75) is 68.7 Å². The molecule has 1 aromatic carbocycles. The minimum atomic E-state index is -3.74. The molecule has 1 amide bonds. The van der Waals surface area contributed by atoms with Gasteiger partial charge in [-0.2, -0.15) is 4.31 Å². The summed E-state index contributed by atoms with van der Waals surface area (Å²) in [4.78, 5) is 26.0. The van der Waals surface area contributed by atoms with Crippen LogP contribution in [0.3, 0.4) is 0 Å². The Bertz CT molecular complexity index is 930. The smallest absolute Gasteiger partial charge is 0.331 e. The highest BCUT2D eigenvalue weighted by Gasteiger charge is 2.44. The topological polar surface area (TPSA) is 102 Å². The van der Waals surface area contributed by atoms with Gasteiger partial charge in [0.2, 0.25) is 10.0 Å². The number of hydrogen-bond acceptors (Lipinski definition) is 6. The SMILES string of the molecule is COC(=O)C1(NC(=O)c2cc(S(=O)(=O)N3CCCCCC3)ccc2OC)CCC(C)CC1. The van der Waals surface area contributed by atoms with E-state index in [-0.39, 0.29) is 16.2 Å². The third-order valence-electron chi connectivity index (χ3n) is 6.68. The highest BCUT2D eigenvalue weighted by atomic mass is 32.2. The van der Waals surface area contributed by atoms with Crippen LogP contribution in [0, 0.1) is 5.92 Å². The van der Waals surface area contributed by atoms with Gasteiger partial charge in [-0.05, 0) is 62.6 Å². The van der Waals surface area contributed by atoms with E-state index in [9.17, 15) is 18.0 Å². The van der Waals surface area contributed by atoms with Gasteiger partial charge in [0.1, 0.15) is 11.3 Å². The number of esters is 1.